The minimum atomic E-state index is -0.0787. The molecule has 1 aliphatic heterocycles. The second-order valence-electron chi connectivity index (χ2n) is 5.43. The number of rotatable bonds is 3. The molecule has 3 heteroatoms. The molecular weight excluding hydrogens is 274 g/mol. The normalized spacial score (nSPS) is 16.9. The van der Waals surface area contributed by atoms with Crippen molar-refractivity contribution in [1.82, 2.24) is 5.32 Å². The number of hydrogen-bond acceptors (Lipinski definition) is 2. The maximum Gasteiger partial charge on any atom is 0.244 e. The first-order chi connectivity index (χ1) is 10.7. The zero-order chi connectivity index (χ0) is 15.4. The van der Waals surface area contributed by atoms with Gasteiger partial charge in [-0.1, -0.05) is 42.5 Å². The van der Waals surface area contributed by atoms with Crippen LogP contribution in [0.5, 0.6) is 5.75 Å². The van der Waals surface area contributed by atoms with Crippen molar-refractivity contribution in [3.63, 3.8) is 0 Å². The first-order valence-corrected chi connectivity index (χ1v) is 7.50. The predicted octanol–water partition coefficient (Wildman–Crippen LogP) is 3.65. The Kier molecular flexibility index (Phi) is 4.24. The maximum absolute atomic E-state index is 12.2. The van der Waals surface area contributed by atoms with Gasteiger partial charge in [-0.3, -0.25) is 4.79 Å². The zero-order valence-electron chi connectivity index (χ0n) is 12.6. The van der Waals surface area contributed by atoms with Crippen LogP contribution in [0.2, 0.25) is 0 Å². The van der Waals surface area contributed by atoms with E-state index in [1.165, 1.54) is 0 Å². The number of aryl methyl sites for hydroxylation is 1. The van der Waals surface area contributed by atoms with Crippen LogP contribution in [0.25, 0.3) is 6.08 Å². The standard InChI is InChI=1S/C19H19NO2/c1-14-6-2-3-7-15(14)10-11-19(21)20-17-12-13-22-18-9-5-4-8-16(17)18/h2-11,17H,12-13H2,1H3,(H,20,21)/b11-10+. The summed E-state index contributed by atoms with van der Waals surface area (Å²) in [6.07, 6.45) is 4.25. The van der Waals surface area contributed by atoms with Crippen molar-refractivity contribution in [3.8, 4) is 5.75 Å². The Bertz CT molecular complexity index is 706. The van der Waals surface area contributed by atoms with E-state index in [4.69, 9.17) is 4.74 Å². The van der Waals surface area contributed by atoms with Crippen molar-refractivity contribution in [2.45, 2.75) is 19.4 Å². The molecule has 0 bridgehead atoms. The van der Waals surface area contributed by atoms with Gasteiger partial charge in [-0.05, 0) is 30.2 Å². The van der Waals surface area contributed by atoms with Crippen LogP contribution < -0.4 is 10.1 Å². The third-order valence-corrected chi connectivity index (χ3v) is 3.88. The first kappa shape index (κ1) is 14.4. The molecule has 0 radical (unpaired) electrons. The quantitative estimate of drug-likeness (QED) is 0.877. The number of benzene rings is 2. The van der Waals surface area contributed by atoms with Gasteiger partial charge in [-0.2, -0.15) is 0 Å². The molecule has 22 heavy (non-hydrogen) atoms. The second-order valence-corrected chi connectivity index (χ2v) is 5.43. The van der Waals surface area contributed by atoms with E-state index in [2.05, 4.69) is 5.32 Å². The summed E-state index contributed by atoms with van der Waals surface area (Å²) in [6, 6.07) is 15.9. The van der Waals surface area contributed by atoms with Crippen LogP contribution >= 0.6 is 0 Å². The maximum atomic E-state index is 12.2. The summed E-state index contributed by atoms with van der Waals surface area (Å²) in [7, 11) is 0. The molecule has 1 amide bonds. The van der Waals surface area contributed by atoms with Crippen LogP contribution in [0.1, 0.15) is 29.2 Å². The molecule has 0 saturated heterocycles. The molecule has 0 saturated carbocycles. The molecule has 3 rings (SSSR count). The van der Waals surface area contributed by atoms with E-state index < -0.39 is 0 Å². The predicted molar refractivity (Wildman–Crippen MR) is 87.7 cm³/mol. The number of para-hydroxylation sites is 1. The van der Waals surface area contributed by atoms with Gasteiger partial charge in [0.15, 0.2) is 0 Å². The minimum absolute atomic E-state index is 0.0129. The van der Waals surface area contributed by atoms with Gasteiger partial charge in [0.05, 0.1) is 12.6 Å². The van der Waals surface area contributed by atoms with E-state index in [1.54, 1.807) is 6.08 Å². The Labute approximate surface area is 130 Å². The van der Waals surface area contributed by atoms with Crippen molar-refractivity contribution in [1.29, 1.82) is 0 Å². The van der Waals surface area contributed by atoms with Gasteiger partial charge in [-0.15, -0.1) is 0 Å². The van der Waals surface area contributed by atoms with Gasteiger partial charge in [0, 0.05) is 18.1 Å². The molecule has 0 fully saturated rings. The van der Waals surface area contributed by atoms with E-state index >= 15 is 0 Å². The van der Waals surface area contributed by atoms with Crippen LogP contribution in [0.3, 0.4) is 0 Å². The third-order valence-electron chi connectivity index (χ3n) is 3.88. The lowest BCUT2D eigenvalue weighted by atomic mass is 10.0. The van der Waals surface area contributed by atoms with Crippen LogP contribution in [-0.2, 0) is 4.79 Å². The van der Waals surface area contributed by atoms with Crippen molar-refractivity contribution < 1.29 is 9.53 Å². The molecule has 1 N–H and O–H groups in total. The van der Waals surface area contributed by atoms with Crippen molar-refractivity contribution in [3.05, 3.63) is 71.3 Å². The molecule has 1 heterocycles. The molecular formula is C19H19NO2. The Morgan fingerprint density at radius 1 is 1.18 bits per heavy atom. The van der Waals surface area contributed by atoms with Gasteiger partial charge in [0.25, 0.3) is 0 Å². The highest BCUT2D eigenvalue weighted by atomic mass is 16.5. The molecule has 3 nitrogen and oxygen atoms in total. The summed E-state index contributed by atoms with van der Waals surface area (Å²) < 4.78 is 5.61. The monoisotopic (exact) mass is 293 g/mol. The topological polar surface area (TPSA) is 38.3 Å². The fourth-order valence-electron chi connectivity index (χ4n) is 2.65. The lowest BCUT2D eigenvalue weighted by Gasteiger charge is -2.26. The summed E-state index contributed by atoms with van der Waals surface area (Å²) in [5.74, 6) is 0.784. The molecule has 2 aromatic rings. The van der Waals surface area contributed by atoms with Gasteiger partial charge >= 0.3 is 0 Å². The molecule has 1 unspecified atom stereocenters. The highest BCUT2D eigenvalue weighted by Gasteiger charge is 2.21. The van der Waals surface area contributed by atoms with Crippen molar-refractivity contribution in [2.75, 3.05) is 6.61 Å². The lowest BCUT2D eigenvalue weighted by molar-refractivity contribution is -0.117. The summed E-state index contributed by atoms with van der Waals surface area (Å²) in [5, 5.41) is 3.06. The molecule has 1 atom stereocenters. The molecule has 0 spiro atoms. The molecule has 0 aliphatic carbocycles. The SMILES string of the molecule is Cc1ccccc1/C=C/C(=O)NC1CCOc2ccccc21. The number of carbonyl (C=O) groups excluding carboxylic acids is 1. The average Bonchev–Trinajstić information content (AvgIpc) is 2.54. The highest BCUT2D eigenvalue weighted by molar-refractivity contribution is 5.92. The van der Waals surface area contributed by atoms with E-state index in [0.29, 0.717) is 6.61 Å². The minimum Gasteiger partial charge on any atom is -0.493 e. The summed E-state index contributed by atoms with van der Waals surface area (Å²) in [4.78, 5) is 12.2. The number of fused-ring (bicyclic) bond motifs is 1. The van der Waals surface area contributed by atoms with E-state index in [-0.39, 0.29) is 11.9 Å². The smallest absolute Gasteiger partial charge is 0.244 e. The van der Waals surface area contributed by atoms with Crippen LogP contribution in [0.4, 0.5) is 0 Å². The van der Waals surface area contributed by atoms with Crippen LogP contribution in [-0.4, -0.2) is 12.5 Å². The number of hydrogen-bond donors (Lipinski definition) is 1. The largest absolute Gasteiger partial charge is 0.493 e. The molecule has 0 aromatic heterocycles. The number of carbonyl (C=O) groups is 1. The fraction of sp³-hybridized carbons (Fsp3) is 0.211. The lowest BCUT2D eigenvalue weighted by Crippen LogP contribution is -2.30. The fourth-order valence-corrected chi connectivity index (χ4v) is 2.65. The summed E-state index contributed by atoms with van der Waals surface area (Å²) in [5.41, 5.74) is 3.26. The Morgan fingerprint density at radius 3 is 2.82 bits per heavy atom. The Morgan fingerprint density at radius 2 is 1.95 bits per heavy atom. The van der Waals surface area contributed by atoms with Gasteiger partial charge in [0.1, 0.15) is 5.75 Å². The molecule has 1 aliphatic rings. The molecule has 112 valence electrons. The van der Waals surface area contributed by atoms with E-state index in [9.17, 15) is 4.79 Å². The number of amides is 1. The third kappa shape index (κ3) is 3.19. The zero-order valence-corrected chi connectivity index (χ0v) is 12.6. The average molecular weight is 293 g/mol. The van der Waals surface area contributed by atoms with Crippen molar-refractivity contribution >= 4 is 12.0 Å². The Balaban J connectivity index is 1.69. The van der Waals surface area contributed by atoms with Crippen LogP contribution in [0.15, 0.2) is 54.6 Å². The van der Waals surface area contributed by atoms with Gasteiger partial charge in [-0.25, -0.2) is 0 Å². The van der Waals surface area contributed by atoms with E-state index in [0.717, 1.165) is 28.9 Å². The first-order valence-electron chi connectivity index (χ1n) is 7.50. The van der Waals surface area contributed by atoms with Crippen molar-refractivity contribution in [2.24, 2.45) is 0 Å². The van der Waals surface area contributed by atoms with Gasteiger partial charge < -0.3 is 10.1 Å². The van der Waals surface area contributed by atoms with E-state index in [1.807, 2.05) is 61.5 Å². The summed E-state index contributed by atoms with van der Waals surface area (Å²) >= 11 is 0. The Hall–Kier alpha value is -2.55. The number of ether oxygens (including phenoxy) is 1. The summed E-state index contributed by atoms with van der Waals surface area (Å²) in [6.45, 7) is 2.66. The number of nitrogens with one attached hydrogen (secondary N) is 1. The van der Waals surface area contributed by atoms with Crippen LogP contribution in [0, 0.1) is 6.92 Å². The molecule has 2 aromatic carbocycles. The highest BCUT2D eigenvalue weighted by Crippen LogP contribution is 2.31. The van der Waals surface area contributed by atoms with Gasteiger partial charge in [0.2, 0.25) is 5.91 Å². The second kappa shape index (κ2) is 6.48.